The SMILES string of the molecule is C=C(C)C(=O)OC(OCC(F)(F)S)(C(=O)Nc1ccccc1)C(F)(F)F. The van der Waals surface area contributed by atoms with Crippen LogP contribution in [0.15, 0.2) is 42.5 Å². The second kappa shape index (κ2) is 8.04. The summed E-state index contributed by atoms with van der Waals surface area (Å²) in [5, 5.41) is -2.22. The average Bonchev–Trinajstić information content (AvgIpc) is 2.49. The molecule has 0 spiro atoms. The standard InChI is InChI=1S/C15H14F5NO4S/c1-9(2)11(22)25-14(15(18,19)20,24-8-13(16,17)26)12(23)21-10-6-4-3-5-7-10/h3-7,26H,1,8H2,2H3,(H,21,23). The number of thiol groups is 1. The van der Waals surface area contributed by atoms with Crippen LogP contribution in [0.5, 0.6) is 0 Å². The van der Waals surface area contributed by atoms with Crippen molar-refractivity contribution in [2.24, 2.45) is 0 Å². The van der Waals surface area contributed by atoms with Crippen LogP contribution in [0.25, 0.3) is 0 Å². The fraction of sp³-hybridized carbons (Fsp3) is 0.333. The van der Waals surface area contributed by atoms with E-state index >= 15 is 0 Å². The first-order valence-corrected chi connectivity index (χ1v) is 7.29. The highest BCUT2D eigenvalue weighted by Gasteiger charge is 2.67. The van der Waals surface area contributed by atoms with E-state index in [4.69, 9.17) is 0 Å². The Morgan fingerprint density at radius 3 is 2.12 bits per heavy atom. The molecular weight excluding hydrogens is 385 g/mol. The van der Waals surface area contributed by atoms with Gasteiger partial charge in [0.1, 0.15) is 6.61 Å². The predicted molar refractivity (Wildman–Crippen MR) is 84.6 cm³/mol. The number of nitrogens with one attached hydrogen (secondary N) is 1. The maximum absolute atomic E-state index is 13.6. The fourth-order valence-corrected chi connectivity index (χ4v) is 1.62. The summed E-state index contributed by atoms with van der Waals surface area (Å²) in [6.45, 7) is 2.13. The highest BCUT2D eigenvalue weighted by Crippen LogP contribution is 2.38. The molecule has 1 N–H and O–H groups in total. The molecule has 0 aromatic heterocycles. The van der Waals surface area contributed by atoms with Gasteiger partial charge in [-0.1, -0.05) is 24.8 Å². The van der Waals surface area contributed by atoms with Crippen LogP contribution >= 0.6 is 12.6 Å². The van der Waals surface area contributed by atoms with E-state index in [1.54, 1.807) is 0 Å². The van der Waals surface area contributed by atoms with Crippen LogP contribution < -0.4 is 5.32 Å². The Labute approximate surface area is 150 Å². The van der Waals surface area contributed by atoms with E-state index in [0.717, 1.165) is 6.92 Å². The molecule has 0 heterocycles. The van der Waals surface area contributed by atoms with Crippen LogP contribution in [0, 0.1) is 0 Å². The third-order valence-corrected chi connectivity index (χ3v) is 2.87. The second-order valence-electron chi connectivity index (χ2n) is 5.06. The number of carbonyl (C=O) groups excluding carboxylic acids is 2. The molecule has 1 aromatic rings. The first-order chi connectivity index (χ1) is 11.8. The van der Waals surface area contributed by atoms with Gasteiger partial charge in [-0.2, -0.15) is 22.0 Å². The van der Waals surface area contributed by atoms with E-state index in [2.05, 4.69) is 28.7 Å². The minimum atomic E-state index is -5.68. The van der Waals surface area contributed by atoms with Crippen LogP contribution in [0.4, 0.5) is 27.6 Å². The predicted octanol–water partition coefficient (Wildman–Crippen LogP) is 3.54. The topological polar surface area (TPSA) is 64.6 Å². The third-order valence-electron chi connectivity index (χ3n) is 2.74. The molecule has 0 aliphatic heterocycles. The highest BCUT2D eigenvalue weighted by atomic mass is 32.1. The van der Waals surface area contributed by atoms with Crippen LogP contribution in [0.2, 0.25) is 0 Å². The average molecular weight is 399 g/mol. The van der Waals surface area contributed by atoms with Crippen molar-refractivity contribution in [2.45, 2.75) is 24.1 Å². The molecule has 11 heteroatoms. The Balaban J connectivity index is 3.32. The first kappa shape index (κ1) is 21.9. The van der Waals surface area contributed by atoms with Crippen molar-refractivity contribution in [1.29, 1.82) is 0 Å². The number of carbonyl (C=O) groups is 2. The third kappa shape index (κ3) is 5.70. The maximum Gasteiger partial charge on any atom is 0.466 e. The fourth-order valence-electron chi connectivity index (χ4n) is 1.55. The highest BCUT2D eigenvalue weighted by molar-refractivity contribution is 7.81. The van der Waals surface area contributed by atoms with E-state index in [-0.39, 0.29) is 5.69 Å². The lowest BCUT2D eigenvalue weighted by atomic mass is 10.2. The van der Waals surface area contributed by atoms with Crippen LogP contribution in [-0.2, 0) is 19.1 Å². The molecule has 5 nitrogen and oxygen atoms in total. The minimum Gasteiger partial charge on any atom is -0.412 e. The van der Waals surface area contributed by atoms with Crippen molar-refractivity contribution in [3.63, 3.8) is 0 Å². The van der Waals surface area contributed by atoms with Crippen molar-refractivity contribution in [2.75, 3.05) is 11.9 Å². The Bertz CT molecular complexity index is 675. The molecule has 1 unspecified atom stereocenters. The first-order valence-electron chi connectivity index (χ1n) is 6.85. The molecule has 1 rings (SSSR count). The summed E-state index contributed by atoms with van der Waals surface area (Å²) in [5.41, 5.74) is -0.619. The number of ether oxygens (including phenoxy) is 2. The molecule has 1 amide bonds. The molecule has 26 heavy (non-hydrogen) atoms. The zero-order valence-electron chi connectivity index (χ0n) is 13.3. The number of amides is 1. The number of rotatable bonds is 7. The zero-order valence-corrected chi connectivity index (χ0v) is 14.2. The van der Waals surface area contributed by atoms with E-state index in [9.17, 15) is 31.5 Å². The van der Waals surface area contributed by atoms with Crippen molar-refractivity contribution < 1.29 is 41.0 Å². The lowest BCUT2D eigenvalue weighted by Gasteiger charge is -2.33. The van der Waals surface area contributed by atoms with E-state index in [1.165, 1.54) is 30.3 Å². The van der Waals surface area contributed by atoms with Crippen molar-refractivity contribution in [1.82, 2.24) is 0 Å². The van der Waals surface area contributed by atoms with E-state index in [0.29, 0.717) is 0 Å². The van der Waals surface area contributed by atoms with Crippen LogP contribution in [-0.4, -0.2) is 35.7 Å². The Kier molecular flexibility index (Phi) is 6.77. The number of hydrogen-bond donors (Lipinski definition) is 2. The van der Waals surface area contributed by atoms with Gasteiger partial charge in [-0.05, 0) is 19.1 Å². The van der Waals surface area contributed by atoms with Gasteiger partial charge in [0.2, 0.25) is 0 Å². The maximum atomic E-state index is 13.6. The van der Waals surface area contributed by atoms with Gasteiger partial charge in [-0.3, -0.25) is 4.79 Å². The van der Waals surface area contributed by atoms with Gasteiger partial charge in [0, 0.05) is 11.3 Å². The monoisotopic (exact) mass is 399 g/mol. The van der Waals surface area contributed by atoms with Gasteiger partial charge < -0.3 is 14.8 Å². The van der Waals surface area contributed by atoms with Gasteiger partial charge in [-0.15, -0.1) is 12.6 Å². The summed E-state index contributed by atoms with van der Waals surface area (Å²) in [6.07, 6.45) is -5.68. The Hall–Kier alpha value is -2.14. The molecule has 0 aliphatic rings. The van der Waals surface area contributed by atoms with Gasteiger partial charge in [0.25, 0.3) is 0 Å². The summed E-state index contributed by atoms with van der Waals surface area (Å²) in [6, 6.07) is 6.77. The van der Waals surface area contributed by atoms with Crippen molar-refractivity contribution in [3.05, 3.63) is 42.5 Å². The molecular formula is C15H14F5NO4S. The molecule has 0 saturated heterocycles. The van der Waals surface area contributed by atoms with Gasteiger partial charge >= 0.3 is 29.1 Å². The number of benzene rings is 1. The largest absolute Gasteiger partial charge is 0.466 e. The van der Waals surface area contributed by atoms with Crippen molar-refractivity contribution >= 4 is 30.2 Å². The molecule has 1 aromatic carbocycles. The van der Waals surface area contributed by atoms with Crippen molar-refractivity contribution in [3.8, 4) is 0 Å². The van der Waals surface area contributed by atoms with E-state index < -0.39 is 41.3 Å². The number of alkyl halides is 5. The molecule has 0 aliphatic carbocycles. The number of hydrogen-bond acceptors (Lipinski definition) is 5. The van der Waals surface area contributed by atoms with E-state index in [1.807, 2.05) is 5.32 Å². The Morgan fingerprint density at radius 1 is 1.15 bits per heavy atom. The van der Waals surface area contributed by atoms with Gasteiger partial charge in [-0.25, -0.2) is 4.79 Å². The zero-order chi connectivity index (χ0) is 20.2. The minimum absolute atomic E-state index is 0.112. The molecule has 144 valence electrons. The number of para-hydroxylation sites is 1. The lowest BCUT2D eigenvalue weighted by molar-refractivity contribution is -0.350. The molecule has 1 atom stereocenters. The summed E-state index contributed by atoms with van der Waals surface area (Å²) in [4.78, 5) is 23.8. The quantitative estimate of drug-likeness (QED) is 0.242. The number of anilines is 1. The lowest BCUT2D eigenvalue weighted by Crippen LogP contribution is -2.60. The van der Waals surface area contributed by atoms with Crippen LogP contribution in [0.1, 0.15) is 6.92 Å². The molecule has 0 saturated carbocycles. The summed E-state index contributed by atoms with van der Waals surface area (Å²) >= 11 is 2.75. The summed E-state index contributed by atoms with van der Waals surface area (Å²) in [5.74, 6) is -8.01. The summed E-state index contributed by atoms with van der Waals surface area (Å²) in [7, 11) is 0. The van der Waals surface area contributed by atoms with Gasteiger partial charge in [0.05, 0.1) is 0 Å². The number of halogens is 5. The number of esters is 1. The molecule has 0 bridgehead atoms. The Morgan fingerprint density at radius 2 is 1.69 bits per heavy atom. The summed E-state index contributed by atoms with van der Waals surface area (Å²) < 4.78 is 74.7. The molecule has 0 fully saturated rings. The van der Waals surface area contributed by atoms with Crippen LogP contribution in [0.3, 0.4) is 0 Å². The normalized spacial score (nSPS) is 14.3. The molecule has 0 radical (unpaired) electrons. The van der Waals surface area contributed by atoms with Gasteiger partial charge in [0.15, 0.2) is 0 Å². The second-order valence-corrected chi connectivity index (χ2v) is 5.71. The smallest absolute Gasteiger partial charge is 0.412 e.